The fraction of sp³-hybridized carbons (Fsp3) is 0.111. The molecule has 0 saturated heterocycles. The molecule has 2 heterocycles. The molecule has 1 aliphatic rings. The first kappa shape index (κ1) is 50.6. The van der Waals surface area contributed by atoms with E-state index in [0.29, 0.717) is 0 Å². The lowest BCUT2D eigenvalue weighted by Crippen LogP contribution is -2.50. The zero-order chi connectivity index (χ0) is 57.3. The number of furan rings is 2. The molecule has 0 saturated carbocycles. The fourth-order valence-electron chi connectivity index (χ4n) is 15.5. The number of hydrogen-bond donors (Lipinski definition) is 0. The lowest BCUT2D eigenvalue weighted by molar-refractivity contribution is 0.0965. The molecule has 408 valence electrons. The third kappa shape index (κ3) is 7.54. The summed E-state index contributed by atoms with van der Waals surface area (Å²) in [6.45, 7) is 14.9. The van der Waals surface area contributed by atoms with Crippen LogP contribution in [0.5, 0.6) is 0 Å². The van der Waals surface area contributed by atoms with Crippen molar-refractivity contribution in [3.8, 4) is 33.4 Å². The van der Waals surface area contributed by atoms with Crippen molar-refractivity contribution in [2.45, 2.75) is 47.0 Å². The van der Waals surface area contributed by atoms with E-state index in [1.807, 2.05) is 0 Å². The van der Waals surface area contributed by atoms with Gasteiger partial charge in [0.25, 0.3) is 0 Å². The molecule has 2 aromatic heterocycles. The molecule has 0 fully saturated rings. The number of nitrogens with zero attached hydrogens (tertiary/aromatic N) is 2. The molecular formula is C81H62N2O2. The van der Waals surface area contributed by atoms with Gasteiger partial charge in [0, 0.05) is 49.4 Å². The van der Waals surface area contributed by atoms with Gasteiger partial charge < -0.3 is 18.6 Å². The second-order valence-electron chi connectivity index (χ2n) is 25.1. The summed E-state index contributed by atoms with van der Waals surface area (Å²) >= 11 is 0. The van der Waals surface area contributed by atoms with Crippen molar-refractivity contribution in [3.05, 3.63) is 278 Å². The minimum atomic E-state index is -0.556. The molecule has 0 atom stereocenters. The zero-order valence-corrected chi connectivity index (χ0v) is 48.6. The molecule has 0 N–H and O–H groups in total. The number of para-hydroxylation sites is 4. The molecule has 0 amide bonds. The first-order valence-corrected chi connectivity index (χ1v) is 29.7. The maximum atomic E-state index is 7.02. The Hall–Kier alpha value is -10.2. The standard InChI is InChI=1S/C81H62N2O2/c1-79(2,3)81(80(4,5)6)68-50-71(83(56-32-22-30-54(48-56)52-27-11-8-12-28-52)70-42-24-40-66-61-36-18-20-44-73(61)85-78(66)70)59-34-14-16-38-63(59)74(68)75-62-37-15-13-33-58(62)67-49-57(45-46-64(67)76(75)81)82(55-31-21-29-53(47-55)51-25-9-7-10-26-51)69-41-23-39-65-60-35-17-19-43-72(60)84-77(65)69/h7-50H,1-6H3. The molecule has 85 heavy (non-hydrogen) atoms. The molecule has 16 rings (SSSR count). The molecule has 13 aromatic carbocycles. The van der Waals surface area contributed by atoms with Crippen LogP contribution in [-0.2, 0) is 5.41 Å². The lowest BCUT2D eigenvalue weighted by atomic mass is 9.49. The first-order chi connectivity index (χ1) is 41.5. The van der Waals surface area contributed by atoms with Crippen LogP contribution in [0, 0.1) is 10.8 Å². The van der Waals surface area contributed by atoms with E-state index in [0.717, 1.165) is 106 Å². The Morgan fingerprint density at radius 3 is 1.26 bits per heavy atom. The summed E-state index contributed by atoms with van der Waals surface area (Å²) in [4.78, 5) is 4.91. The quantitative estimate of drug-likeness (QED) is 0.142. The zero-order valence-electron chi connectivity index (χ0n) is 48.6. The molecule has 0 bridgehead atoms. The molecule has 0 unspecified atom stereocenters. The van der Waals surface area contributed by atoms with E-state index in [2.05, 4.69) is 318 Å². The Balaban J connectivity index is 0.996. The van der Waals surface area contributed by atoms with Gasteiger partial charge in [0.2, 0.25) is 0 Å². The van der Waals surface area contributed by atoms with Gasteiger partial charge in [0.1, 0.15) is 11.2 Å². The Labute approximate surface area is 495 Å². The normalized spacial score (nSPS) is 13.2. The van der Waals surface area contributed by atoms with E-state index in [1.54, 1.807) is 0 Å². The minimum Gasteiger partial charge on any atom is -0.454 e. The molecule has 0 spiro atoms. The molecule has 0 radical (unpaired) electrons. The largest absolute Gasteiger partial charge is 0.454 e. The van der Waals surface area contributed by atoms with Crippen LogP contribution in [0.1, 0.15) is 52.7 Å². The van der Waals surface area contributed by atoms with Crippen LogP contribution in [-0.4, -0.2) is 0 Å². The van der Waals surface area contributed by atoms with Crippen molar-refractivity contribution in [3.63, 3.8) is 0 Å². The summed E-state index contributed by atoms with van der Waals surface area (Å²) in [6, 6.07) is 97.7. The predicted octanol–water partition coefficient (Wildman–Crippen LogP) is 23.6. The van der Waals surface area contributed by atoms with E-state index in [-0.39, 0.29) is 10.8 Å². The summed E-state index contributed by atoms with van der Waals surface area (Å²) in [6.07, 6.45) is 0. The summed E-state index contributed by atoms with van der Waals surface area (Å²) in [5.74, 6) is 0. The van der Waals surface area contributed by atoms with E-state index < -0.39 is 5.41 Å². The smallest absolute Gasteiger partial charge is 0.159 e. The van der Waals surface area contributed by atoms with Crippen molar-refractivity contribution < 1.29 is 8.83 Å². The monoisotopic (exact) mass is 1090 g/mol. The molecule has 0 aliphatic heterocycles. The maximum Gasteiger partial charge on any atom is 0.159 e. The molecule has 4 heteroatoms. The highest BCUT2D eigenvalue weighted by molar-refractivity contribution is 6.24. The highest BCUT2D eigenvalue weighted by Crippen LogP contribution is 2.69. The van der Waals surface area contributed by atoms with Gasteiger partial charge in [-0.05, 0) is 149 Å². The van der Waals surface area contributed by atoms with E-state index in [4.69, 9.17) is 8.83 Å². The van der Waals surface area contributed by atoms with Gasteiger partial charge in [-0.2, -0.15) is 0 Å². The Kier molecular flexibility index (Phi) is 11.3. The third-order valence-electron chi connectivity index (χ3n) is 18.5. The van der Waals surface area contributed by atoms with Gasteiger partial charge in [0.15, 0.2) is 11.2 Å². The van der Waals surface area contributed by atoms with Crippen molar-refractivity contribution in [1.82, 2.24) is 0 Å². The van der Waals surface area contributed by atoms with Gasteiger partial charge >= 0.3 is 0 Å². The summed E-state index contributed by atoms with van der Waals surface area (Å²) in [7, 11) is 0. The van der Waals surface area contributed by atoms with Crippen molar-refractivity contribution in [1.29, 1.82) is 0 Å². The maximum absolute atomic E-state index is 7.02. The van der Waals surface area contributed by atoms with Crippen LogP contribution in [0.3, 0.4) is 0 Å². The van der Waals surface area contributed by atoms with Crippen LogP contribution in [0.15, 0.2) is 276 Å². The lowest BCUT2D eigenvalue weighted by Gasteiger charge is -2.53. The van der Waals surface area contributed by atoms with Crippen LogP contribution >= 0.6 is 0 Å². The van der Waals surface area contributed by atoms with E-state index >= 15 is 0 Å². The number of benzene rings is 13. The van der Waals surface area contributed by atoms with Crippen LogP contribution in [0.2, 0.25) is 0 Å². The SMILES string of the molecule is CC(C)(C)C1(C(C)(C)C)c2cc(N(c3cccc(-c4ccccc4)c3)c3cccc4c3oc3ccccc34)c3ccccc3c2-c2c1c1ccc(N(c3cccc(-c4ccccc4)c3)c3cccc4c3oc3ccccc34)cc1c1ccccc21. The molecule has 15 aromatic rings. The van der Waals surface area contributed by atoms with Crippen LogP contribution in [0.25, 0.3) is 110 Å². The molecule has 4 nitrogen and oxygen atoms in total. The van der Waals surface area contributed by atoms with Gasteiger partial charge in [-0.3, -0.25) is 0 Å². The molecular weight excluding hydrogens is 1030 g/mol. The first-order valence-electron chi connectivity index (χ1n) is 29.7. The topological polar surface area (TPSA) is 32.8 Å². The highest BCUT2D eigenvalue weighted by atomic mass is 16.3. The average molecular weight is 1100 g/mol. The van der Waals surface area contributed by atoms with Crippen molar-refractivity contribution in [2.75, 3.05) is 9.80 Å². The third-order valence-corrected chi connectivity index (χ3v) is 18.5. The number of fused-ring (bicyclic) bond motifs is 16. The van der Waals surface area contributed by atoms with Crippen LogP contribution < -0.4 is 9.80 Å². The number of rotatable bonds is 8. The van der Waals surface area contributed by atoms with Gasteiger partial charge in [-0.25, -0.2) is 0 Å². The number of hydrogen-bond acceptors (Lipinski definition) is 4. The van der Waals surface area contributed by atoms with Crippen molar-refractivity contribution in [2.24, 2.45) is 10.8 Å². The highest BCUT2D eigenvalue weighted by Gasteiger charge is 2.59. The van der Waals surface area contributed by atoms with E-state index in [1.165, 1.54) is 49.2 Å². The van der Waals surface area contributed by atoms with Gasteiger partial charge in [0.05, 0.1) is 17.1 Å². The van der Waals surface area contributed by atoms with E-state index in [9.17, 15) is 0 Å². The predicted molar refractivity (Wildman–Crippen MR) is 359 cm³/mol. The summed E-state index contributed by atoms with van der Waals surface area (Å²) in [5.41, 5.74) is 18.4. The Morgan fingerprint density at radius 2 is 0.706 bits per heavy atom. The Bertz CT molecular complexity index is 5150. The summed E-state index contributed by atoms with van der Waals surface area (Å²) < 4.78 is 13.9. The minimum absolute atomic E-state index is 0.323. The van der Waals surface area contributed by atoms with Gasteiger partial charge in [-0.1, -0.05) is 242 Å². The summed E-state index contributed by atoms with van der Waals surface area (Å²) in [5, 5.41) is 11.7. The van der Waals surface area contributed by atoms with Gasteiger partial charge in [-0.15, -0.1) is 0 Å². The second kappa shape index (κ2) is 18.9. The second-order valence-corrected chi connectivity index (χ2v) is 25.1. The fourth-order valence-corrected chi connectivity index (χ4v) is 15.5. The van der Waals surface area contributed by atoms with Crippen molar-refractivity contribution >= 4 is 110 Å². The molecule has 1 aliphatic carbocycles. The Morgan fingerprint density at radius 1 is 0.282 bits per heavy atom. The van der Waals surface area contributed by atoms with Crippen LogP contribution in [0.4, 0.5) is 34.1 Å². The number of anilines is 6. The average Bonchev–Trinajstić information content (AvgIpc) is 1.53.